The fraction of sp³-hybridized carbons (Fsp3) is 0.190. The van der Waals surface area contributed by atoms with Gasteiger partial charge in [-0.25, -0.2) is 0 Å². The molecule has 0 saturated heterocycles. The first kappa shape index (κ1) is 18.1. The first-order valence-corrected chi connectivity index (χ1v) is 14.4. The van der Waals surface area contributed by atoms with Crippen molar-refractivity contribution in [3.8, 4) is 0 Å². The van der Waals surface area contributed by atoms with E-state index >= 15 is 0 Å². The van der Waals surface area contributed by atoms with Crippen molar-refractivity contribution in [3.63, 3.8) is 0 Å². The number of allylic oxidation sites excluding steroid dienone is 5. The van der Waals surface area contributed by atoms with Crippen molar-refractivity contribution in [2.24, 2.45) is 0 Å². The Morgan fingerprint density at radius 1 is 1.12 bits per heavy atom. The molecule has 0 bridgehead atoms. The Hall–Kier alpha value is -1.69. The van der Waals surface area contributed by atoms with Gasteiger partial charge in [-0.3, -0.25) is 0 Å². The zero-order chi connectivity index (χ0) is 18.2. The van der Waals surface area contributed by atoms with Crippen LogP contribution in [0.1, 0.15) is 19.5 Å². The second-order valence-corrected chi connectivity index (χ2v) is 15.3. The molecule has 25 heavy (non-hydrogen) atoms. The Morgan fingerprint density at radius 2 is 1.84 bits per heavy atom. The summed E-state index contributed by atoms with van der Waals surface area (Å²) < 4.78 is 1.49. The van der Waals surface area contributed by atoms with Crippen LogP contribution in [0.15, 0.2) is 81.2 Å². The van der Waals surface area contributed by atoms with E-state index in [0.717, 1.165) is 22.3 Å². The van der Waals surface area contributed by atoms with Crippen molar-refractivity contribution in [1.29, 1.82) is 0 Å². The standard InChI is InChI=1S/C11H7O.C10H14NSi.Zr/c1-2-8-7-9-5-3-4-6-10(9)11(8)12;1-5-9-6-7-10(8-9)11-12(2,3)4;/h3-7H,1H2;6-7,11H,1H2,2-4H3;. The zero-order valence-corrected chi connectivity index (χ0v) is 18.3. The predicted molar refractivity (Wildman–Crippen MR) is 101 cm³/mol. The van der Waals surface area contributed by atoms with Gasteiger partial charge in [-0.1, -0.05) is 0 Å². The quantitative estimate of drug-likeness (QED) is 0.435. The van der Waals surface area contributed by atoms with Gasteiger partial charge in [-0.2, -0.15) is 0 Å². The van der Waals surface area contributed by atoms with Crippen LogP contribution >= 0.6 is 0 Å². The van der Waals surface area contributed by atoms with Gasteiger partial charge in [-0.05, 0) is 0 Å². The zero-order valence-electron chi connectivity index (χ0n) is 14.9. The molecule has 0 aromatic heterocycles. The Bertz CT molecular complexity index is 919. The number of fused-ring (bicyclic) bond motifs is 1. The molecule has 0 saturated carbocycles. The number of Topliss-reactive ketones (excluding diaryl/α,β-unsaturated/α-hetero) is 1. The van der Waals surface area contributed by atoms with E-state index in [9.17, 15) is 4.79 Å². The van der Waals surface area contributed by atoms with Crippen LogP contribution < -0.4 is 4.98 Å². The van der Waals surface area contributed by atoms with E-state index in [1.54, 1.807) is 0 Å². The van der Waals surface area contributed by atoms with Gasteiger partial charge in [0.05, 0.1) is 0 Å². The van der Waals surface area contributed by atoms with Gasteiger partial charge in [0.15, 0.2) is 0 Å². The van der Waals surface area contributed by atoms with E-state index in [2.05, 4.69) is 67.5 Å². The molecule has 2 aliphatic rings. The van der Waals surface area contributed by atoms with Gasteiger partial charge in [0.25, 0.3) is 0 Å². The number of hydrogen-bond donors (Lipinski definition) is 1. The van der Waals surface area contributed by atoms with Crippen molar-refractivity contribution in [2.45, 2.75) is 23.3 Å². The van der Waals surface area contributed by atoms with Gasteiger partial charge in [-0.15, -0.1) is 0 Å². The summed E-state index contributed by atoms with van der Waals surface area (Å²) in [4.78, 5) is 16.4. The monoisotopic (exact) mass is 421 g/mol. The third kappa shape index (κ3) is 3.50. The fourth-order valence-corrected chi connectivity index (χ4v) is 8.66. The summed E-state index contributed by atoms with van der Waals surface area (Å²) in [6, 6.07) is 7.93. The molecule has 2 nitrogen and oxygen atoms in total. The van der Waals surface area contributed by atoms with Crippen molar-refractivity contribution in [2.75, 3.05) is 0 Å². The SMILES string of the molecule is C=C=C1C=CC(N[Si](C)(C)C)=[C]1[Zr][CH]1C(=C=C)C(=O)c2ccccc21. The van der Waals surface area contributed by atoms with Crippen molar-refractivity contribution >= 4 is 14.0 Å². The minimum absolute atomic E-state index is 0.0897. The molecule has 3 rings (SSSR count). The molecular formula is C21H21NOSiZr. The van der Waals surface area contributed by atoms with Crippen LogP contribution in [-0.2, 0) is 23.2 Å². The number of carbonyl (C=O) groups is 1. The molecule has 1 atom stereocenters. The maximum atomic E-state index is 12.7. The third-order valence-corrected chi connectivity index (χ3v) is 9.42. The summed E-state index contributed by atoms with van der Waals surface area (Å²) in [6.45, 7) is 14.5. The molecule has 1 N–H and O–H groups in total. The van der Waals surface area contributed by atoms with Crippen LogP contribution in [0.25, 0.3) is 0 Å². The van der Waals surface area contributed by atoms with Crippen molar-refractivity contribution in [1.82, 2.24) is 4.98 Å². The maximum absolute atomic E-state index is 12.7. The van der Waals surface area contributed by atoms with E-state index in [0.29, 0.717) is 0 Å². The van der Waals surface area contributed by atoms with Crippen LogP contribution in [0.3, 0.4) is 0 Å². The molecule has 0 spiro atoms. The summed E-state index contributed by atoms with van der Waals surface area (Å²) in [5.41, 5.74) is 11.0. The average Bonchev–Trinajstić information content (AvgIpc) is 3.06. The van der Waals surface area contributed by atoms with E-state index in [1.165, 1.54) is 8.98 Å². The van der Waals surface area contributed by atoms with E-state index in [1.807, 2.05) is 18.2 Å². The topological polar surface area (TPSA) is 29.1 Å². The number of ketones is 1. The first-order valence-electron chi connectivity index (χ1n) is 8.27. The van der Waals surface area contributed by atoms with E-state index < -0.39 is 31.5 Å². The summed E-state index contributed by atoms with van der Waals surface area (Å²) in [7, 11) is -1.47. The molecule has 1 aromatic rings. The Morgan fingerprint density at radius 3 is 2.48 bits per heavy atom. The molecule has 2 aliphatic carbocycles. The van der Waals surface area contributed by atoms with Gasteiger partial charge < -0.3 is 0 Å². The number of hydrogen-bond acceptors (Lipinski definition) is 2. The van der Waals surface area contributed by atoms with Crippen LogP contribution in [0.5, 0.6) is 0 Å². The minimum atomic E-state index is -1.47. The molecule has 0 aliphatic heterocycles. The number of nitrogens with one attached hydrogen (secondary N) is 1. The second kappa shape index (κ2) is 6.90. The molecule has 4 heteroatoms. The molecule has 0 amide bonds. The molecule has 1 unspecified atom stereocenters. The van der Waals surface area contributed by atoms with Gasteiger partial charge >= 0.3 is 163 Å². The number of rotatable bonds is 4. The summed E-state index contributed by atoms with van der Waals surface area (Å²) in [5.74, 6) is 0.0897. The van der Waals surface area contributed by atoms with Gasteiger partial charge in [0.1, 0.15) is 0 Å². The Kier molecular flexibility index (Phi) is 5.00. The molecule has 124 valence electrons. The molecule has 0 fully saturated rings. The summed E-state index contributed by atoms with van der Waals surface area (Å²) in [5, 5.41) is 0. The predicted octanol–water partition coefficient (Wildman–Crippen LogP) is 4.64. The first-order chi connectivity index (χ1) is 11.9. The van der Waals surface area contributed by atoms with Crippen LogP contribution in [-0.4, -0.2) is 14.0 Å². The van der Waals surface area contributed by atoms with Gasteiger partial charge in [0, 0.05) is 0 Å². The summed E-state index contributed by atoms with van der Waals surface area (Å²) in [6.07, 6.45) is 4.23. The van der Waals surface area contributed by atoms with E-state index in [-0.39, 0.29) is 9.41 Å². The Labute approximate surface area is 162 Å². The van der Waals surface area contributed by atoms with Crippen molar-refractivity contribution < 1.29 is 28.0 Å². The van der Waals surface area contributed by atoms with Crippen LogP contribution in [0, 0.1) is 0 Å². The fourth-order valence-electron chi connectivity index (χ4n) is 3.15. The molecular weight excluding hydrogens is 402 g/mol. The third-order valence-electron chi connectivity index (χ3n) is 4.18. The van der Waals surface area contributed by atoms with Crippen molar-refractivity contribution in [3.05, 3.63) is 92.3 Å². The number of carbonyl (C=O) groups excluding carboxylic acids is 1. The van der Waals surface area contributed by atoms with E-state index in [4.69, 9.17) is 0 Å². The Balaban J connectivity index is 2.05. The second-order valence-electron chi connectivity index (χ2n) is 7.17. The van der Waals surface area contributed by atoms with Crippen LogP contribution in [0.4, 0.5) is 0 Å². The molecule has 1 aromatic carbocycles. The summed E-state index contributed by atoms with van der Waals surface area (Å²) >= 11 is -1.18. The normalized spacial score (nSPS) is 19.0. The number of benzene rings is 1. The molecule has 0 heterocycles. The van der Waals surface area contributed by atoms with Crippen LogP contribution in [0.2, 0.25) is 19.6 Å². The van der Waals surface area contributed by atoms with Gasteiger partial charge in [0.2, 0.25) is 0 Å². The molecule has 0 radical (unpaired) electrons. The average molecular weight is 423 g/mol.